The van der Waals surface area contributed by atoms with E-state index in [-0.39, 0.29) is 17.5 Å². The number of carbonyl (C=O) groups is 1. The Balaban J connectivity index is 1.93. The van der Waals surface area contributed by atoms with Gasteiger partial charge in [0.1, 0.15) is 6.10 Å². The van der Waals surface area contributed by atoms with Gasteiger partial charge >= 0.3 is 5.97 Å². The zero-order valence-electron chi connectivity index (χ0n) is 14.2. The number of carbonyl (C=O) groups excluding carboxylic acids is 1. The molecule has 0 aromatic heterocycles. The molecule has 2 nitrogen and oxygen atoms in total. The third-order valence-electron chi connectivity index (χ3n) is 4.83. The van der Waals surface area contributed by atoms with Gasteiger partial charge in [-0.25, -0.2) is 4.79 Å². The second-order valence-electron chi connectivity index (χ2n) is 7.57. The van der Waals surface area contributed by atoms with Crippen LogP contribution in [0.4, 0.5) is 0 Å². The van der Waals surface area contributed by atoms with E-state index < -0.39 is 0 Å². The average Bonchev–Trinajstić information content (AvgIpc) is 2.47. The maximum Gasteiger partial charge on any atom is 0.331 e. The number of hydrogen-bond donors (Lipinski definition) is 0. The standard InChI is InChI=1S/C20H28O2/c1-15-10-12-17(20(2,3)4)14-18(15)22-19(21)13-11-16-8-6-5-7-9-16/h5-9,11,13,15,17-18H,10,12,14H2,1-4H3. The van der Waals surface area contributed by atoms with E-state index in [1.54, 1.807) is 6.08 Å². The van der Waals surface area contributed by atoms with Gasteiger partial charge in [0.05, 0.1) is 0 Å². The van der Waals surface area contributed by atoms with Crippen molar-refractivity contribution >= 4 is 12.0 Å². The van der Waals surface area contributed by atoms with E-state index in [2.05, 4.69) is 27.7 Å². The van der Waals surface area contributed by atoms with Gasteiger partial charge in [-0.3, -0.25) is 0 Å². The van der Waals surface area contributed by atoms with Crippen molar-refractivity contribution in [2.24, 2.45) is 17.3 Å². The average molecular weight is 300 g/mol. The fourth-order valence-corrected chi connectivity index (χ4v) is 3.15. The summed E-state index contributed by atoms with van der Waals surface area (Å²) < 4.78 is 5.72. The summed E-state index contributed by atoms with van der Waals surface area (Å²) in [6.07, 6.45) is 6.77. The van der Waals surface area contributed by atoms with Gasteiger partial charge in [-0.1, -0.05) is 58.0 Å². The van der Waals surface area contributed by atoms with Crippen LogP contribution in [-0.2, 0) is 9.53 Å². The van der Waals surface area contributed by atoms with Crippen LogP contribution in [0.3, 0.4) is 0 Å². The predicted molar refractivity (Wildman–Crippen MR) is 91.3 cm³/mol. The summed E-state index contributed by atoms with van der Waals surface area (Å²) in [6.45, 7) is 9.03. The highest BCUT2D eigenvalue weighted by Gasteiger charge is 2.35. The maximum atomic E-state index is 12.1. The third kappa shape index (κ3) is 4.72. The van der Waals surface area contributed by atoms with Gasteiger partial charge in [0.25, 0.3) is 0 Å². The van der Waals surface area contributed by atoms with Crippen LogP contribution in [0.1, 0.15) is 52.5 Å². The molecular weight excluding hydrogens is 272 g/mol. The van der Waals surface area contributed by atoms with Gasteiger partial charge in [-0.05, 0) is 48.2 Å². The maximum absolute atomic E-state index is 12.1. The molecule has 0 spiro atoms. The molecule has 3 atom stereocenters. The Morgan fingerprint density at radius 1 is 1.18 bits per heavy atom. The van der Waals surface area contributed by atoms with Gasteiger partial charge in [-0.15, -0.1) is 0 Å². The van der Waals surface area contributed by atoms with Crippen LogP contribution in [0.15, 0.2) is 36.4 Å². The van der Waals surface area contributed by atoms with Gasteiger partial charge in [-0.2, -0.15) is 0 Å². The second-order valence-corrected chi connectivity index (χ2v) is 7.57. The topological polar surface area (TPSA) is 26.3 Å². The zero-order chi connectivity index (χ0) is 16.2. The first-order valence-corrected chi connectivity index (χ1v) is 8.30. The molecule has 1 aromatic carbocycles. The smallest absolute Gasteiger partial charge is 0.331 e. The van der Waals surface area contributed by atoms with E-state index in [0.717, 1.165) is 18.4 Å². The minimum Gasteiger partial charge on any atom is -0.459 e. The van der Waals surface area contributed by atoms with E-state index in [9.17, 15) is 4.79 Å². The Hall–Kier alpha value is -1.57. The molecule has 1 saturated carbocycles. The summed E-state index contributed by atoms with van der Waals surface area (Å²) >= 11 is 0. The first kappa shape index (κ1) is 16.8. The summed E-state index contributed by atoms with van der Waals surface area (Å²) in [7, 11) is 0. The van der Waals surface area contributed by atoms with Crippen molar-refractivity contribution in [3.63, 3.8) is 0 Å². The molecule has 0 N–H and O–H groups in total. The van der Waals surface area contributed by atoms with E-state index in [0.29, 0.717) is 11.8 Å². The van der Waals surface area contributed by atoms with Gasteiger partial charge < -0.3 is 4.74 Å². The number of hydrogen-bond acceptors (Lipinski definition) is 2. The van der Waals surface area contributed by atoms with Crippen LogP contribution < -0.4 is 0 Å². The number of benzene rings is 1. The van der Waals surface area contributed by atoms with Crippen LogP contribution in [-0.4, -0.2) is 12.1 Å². The highest BCUT2D eigenvalue weighted by Crippen LogP contribution is 2.40. The Bertz CT molecular complexity index is 510. The van der Waals surface area contributed by atoms with E-state index in [4.69, 9.17) is 4.74 Å². The molecule has 0 heterocycles. The summed E-state index contributed by atoms with van der Waals surface area (Å²) in [5.74, 6) is 0.850. The Morgan fingerprint density at radius 2 is 1.86 bits per heavy atom. The molecule has 2 heteroatoms. The molecule has 3 unspecified atom stereocenters. The van der Waals surface area contributed by atoms with E-state index in [1.807, 2.05) is 36.4 Å². The molecule has 1 aliphatic rings. The van der Waals surface area contributed by atoms with Crippen molar-refractivity contribution in [3.8, 4) is 0 Å². The molecular formula is C20H28O2. The molecule has 0 aliphatic heterocycles. The van der Waals surface area contributed by atoms with Gasteiger partial charge in [0, 0.05) is 6.08 Å². The molecule has 1 aliphatic carbocycles. The van der Waals surface area contributed by atoms with Crippen molar-refractivity contribution in [2.45, 2.75) is 53.1 Å². The summed E-state index contributed by atoms with van der Waals surface area (Å²) in [5.41, 5.74) is 1.30. The van der Waals surface area contributed by atoms with Crippen LogP contribution in [0, 0.1) is 17.3 Å². The van der Waals surface area contributed by atoms with Crippen LogP contribution in [0.5, 0.6) is 0 Å². The lowest BCUT2D eigenvalue weighted by molar-refractivity contribution is -0.149. The minimum atomic E-state index is -0.227. The molecule has 0 bridgehead atoms. The van der Waals surface area contributed by atoms with Crippen LogP contribution in [0.25, 0.3) is 6.08 Å². The van der Waals surface area contributed by atoms with Crippen molar-refractivity contribution in [1.82, 2.24) is 0 Å². The first-order valence-electron chi connectivity index (χ1n) is 8.30. The Labute approximate surface area is 134 Å². The van der Waals surface area contributed by atoms with Gasteiger partial charge in [0.2, 0.25) is 0 Å². The third-order valence-corrected chi connectivity index (χ3v) is 4.83. The molecule has 1 aromatic rings. The number of ether oxygens (including phenoxy) is 1. The molecule has 0 saturated heterocycles. The van der Waals surface area contributed by atoms with Crippen molar-refractivity contribution in [2.75, 3.05) is 0 Å². The minimum absolute atomic E-state index is 0.0471. The molecule has 22 heavy (non-hydrogen) atoms. The molecule has 0 amide bonds. The van der Waals surface area contributed by atoms with E-state index in [1.165, 1.54) is 6.42 Å². The van der Waals surface area contributed by atoms with E-state index >= 15 is 0 Å². The quantitative estimate of drug-likeness (QED) is 0.574. The fraction of sp³-hybridized carbons (Fsp3) is 0.550. The Kier molecular flexibility index (Phi) is 5.44. The molecule has 0 radical (unpaired) electrons. The summed E-state index contributed by atoms with van der Waals surface area (Å²) in [6, 6.07) is 9.83. The number of esters is 1. The highest BCUT2D eigenvalue weighted by atomic mass is 16.5. The molecule has 2 rings (SSSR count). The lowest BCUT2D eigenvalue weighted by Crippen LogP contribution is -2.36. The lowest BCUT2D eigenvalue weighted by atomic mass is 9.69. The predicted octanol–water partition coefficient (Wildman–Crippen LogP) is 5.09. The van der Waals surface area contributed by atoms with Crippen LogP contribution >= 0.6 is 0 Å². The Morgan fingerprint density at radius 3 is 2.50 bits per heavy atom. The van der Waals surface area contributed by atoms with Gasteiger partial charge in [0.15, 0.2) is 0 Å². The fourth-order valence-electron chi connectivity index (χ4n) is 3.15. The van der Waals surface area contributed by atoms with Crippen molar-refractivity contribution in [1.29, 1.82) is 0 Å². The summed E-state index contributed by atoms with van der Waals surface area (Å²) in [5, 5.41) is 0. The zero-order valence-corrected chi connectivity index (χ0v) is 14.2. The number of rotatable bonds is 3. The largest absolute Gasteiger partial charge is 0.459 e. The first-order chi connectivity index (χ1) is 10.4. The lowest BCUT2D eigenvalue weighted by Gasteiger charge is -2.40. The SMILES string of the molecule is CC1CCC(C(C)(C)C)CC1OC(=O)C=Cc1ccccc1. The van der Waals surface area contributed by atoms with Crippen molar-refractivity contribution < 1.29 is 9.53 Å². The monoisotopic (exact) mass is 300 g/mol. The highest BCUT2D eigenvalue weighted by molar-refractivity contribution is 5.87. The van der Waals surface area contributed by atoms with Crippen molar-refractivity contribution in [3.05, 3.63) is 42.0 Å². The molecule has 120 valence electrons. The summed E-state index contributed by atoms with van der Waals surface area (Å²) in [4.78, 5) is 12.1. The van der Waals surface area contributed by atoms with Crippen LogP contribution in [0.2, 0.25) is 0 Å². The normalized spacial score (nSPS) is 26.1. The molecule has 1 fully saturated rings. The second kappa shape index (κ2) is 7.13.